The Labute approximate surface area is 404 Å². The van der Waals surface area contributed by atoms with Gasteiger partial charge in [0.15, 0.2) is 6.10 Å². The quantitative estimate of drug-likeness (QED) is 0.0195. The van der Waals surface area contributed by atoms with Crippen LogP contribution < -0.4 is 4.89 Å². The molecule has 10 heteroatoms. The van der Waals surface area contributed by atoms with Crippen molar-refractivity contribution in [3.63, 3.8) is 0 Å². The molecule has 0 aliphatic rings. The lowest BCUT2D eigenvalue weighted by atomic mass is 10.0. The third kappa shape index (κ3) is 50.3. The van der Waals surface area contributed by atoms with E-state index >= 15 is 0 Å². The molecule has 66 heavy (non-hydrogen) atoms. The Kier molecular flexibility index (Phi) is 44.8. The van der Waals surface area contributed by atoms with E-state index in [2.05, 4.69) is 111 Å². The van der Waals surface area contributed by atoms with E-state index in [1.54, 1.807) is 0 Å². The van der Waals surface area contributed by atoms with Gasteiger partial charge < -0.3 is 27.9 Å². The molecule has 0 bridgehead atoms. The zero-order valence-corrected chi connectivity index (χ0v) is 43.5. The number of quaternary nitrogens is 1. The highest BCUT2D eigenvalue weighted by Gasteiger charge is 2.21. The molecule has 2 atom stereocenters. The van der Waals surface area contributed by atoms with Crippen LogP contribution in [0, 0.1) is 0 Å². The molecule has 0 rings (SSSR count). The summed E-state index contributed by atoms with van der Waals surface area (Å²) in [5.41, 5.74) is 0. The average Bonchev–Trinajstić information content (AvgIpc) is 3.27. The SMILES string of the molecule is CC/C=C\C/C=C\C/C=C\C/C=C\CCCCCCCCCCCCCCC(=O)OC(COC(=O)CCCCCC/C=C\C/C=C\C/C=C\C/C=C\CC)COP(=O)([O-])OCC[N+](C)(C)C. The fraction of sp³-hybridized carbons (Fsp3) is 0.679. The molecule has 0 spiro atoms. The lowest BCUT2D eigenvalue weighted by molar-refractivity contribution is -0.870. The number of ether oxygens (including phenoxy) is 2. The Morgan fingerprint density at radius 2 is 0.818 bits per heavy atom. The number of allylic oxidation sites excluding steroid dienone is 16. The van der Waals surface area contributed by atoms with E-state index in [-0.39, 0.29) is 26.1 Å². The molecule has 0 aromatic heterocycles. The van der Waals surface area contributed by atoms with Crippen LogP contribution in [0.5, 0.6) is 0 Å². The monoisotopic (exact) mass is 942 g/mol. The second-order valence-electron chi connectivity index (χ2n) is 18.1. The molecule has 378 valence electrons. The van der Waals surface area contributed by atoms with Crippen molar-refractivity contribution in [1.29, 1.82) is 0 Å². The number of rotatable bonds is 46. The molecular formula is C56H96NO8P. The van der Waals surface area contributed by atoms with Crippen LogP contribution in [0.4, 0.5) is 0 Å². The molecule has 0 aliphatic heterocycles. The first kappa shape index (κ1) is 62.9. The van der Waals surface area contributed by atoms with Crippen LogP contribution in [0.1, 0.15) is 194 Å². The molecule has 0 aromatic rings. The smallest absolute Gasteiger partial charge is 0.306 e. The summed E-state index contributed by atoms with van der Waals surface area (Å²) in [7, 11) is 1.14. The summed E-state index contributed by atoms with van der Waals surface area (Å²) in [6.45, 7) is 3.97. The van der Waals surface area contributed by atoms with Crippen LogP contribution in [-0.2, 0) is 32.7 Å². The first-order chi connectivity index (χ1) is 32.0. The minimum Gasteiger partial charge on any atom is -0.756 e. The first-order valence-corrected chi connectivity index (χ1v) is 27.4. The Morgan fingerprint density at radius 3 is 1.21 bits per heavy atom. The summed E-state index contributed by atoms with van der Waals surface area (Å²) < 4.78 is 34.0. The van der Waals surface area contributed by atoms with Gasteiger partial charge in [0, 0.05) is 12.8 Å². The average molecular weight is 942 g/mol. The van der Waals surface area contributed by atoms with E-state index in [9.17, 15) is 19.0 Å². The molecule has 0 aromatic carbocycles. The topological polar surface area (TPSA) is 111 Å². The van der Waals surface area contributed by atoms with Gasteiger partial charge in [-0.05, 0) is 89.9 Å². The first-order valence-electron chi connectivity index (χ1n) is 25.9. The summed E-state index contributed by atoms with van der Waals surface area (Å²) in [5, 5.41) is 0. The second-order valence-corrected chi connectivity index (χ2v) is 19.5. The van der Waals surface area contributed by atoms with Crippen molar-refractivity contribution < 1.29 is 42.1 Å². The molecule has 0 radical (unpaired) electrons. The van der Waals surface area contributed by atoms with E-state index in [4.69, 9.17) is 18.5 Å². The number of phosphoric acid groups is 1. The zero-order chi connectivity index (χ0) is 48.5. The summed E-state index contributed by atoms with van der Waals surface area (Å²) >= 11 is 0. The summed E-state index contributed by atoms with van der Waals surface area (Å²) in [5.74, 6) is -0.869. The van der Waals surface area contributed by atoms with Gasteiger partial charge >= 0.3 is 11.9 Å². The number of likely N-dealkylation sites (N-methyl/N-ethyl adjacent to an activating group) is 1. The Balaban J connectivity index is 4.27. The Morgan fingerprint density at radius 1 is 0.470 bits per heavy atom. The van der Waals surface area contributed by atoms with Crippen molar-refractivity contribution in [1.82, 2.24) is 0 Å². The van der Waals surface area contributed by atoms with Crippen molar-refractivity contribution in [3.05, 3.63) is 97.2 Å². The van der Waals surface area contributed by atoms with Gasteiger partial charge in [0.05, 0.1) is 27.7 Å². The number of hydrogen-bond acceptors (Lipinski definition) is 8. The minimum absolute atomic E-state index is 0.0403. The fourth-order valence-electron chi connectivity index (χ4n) is 6.64. The predicted molar refractivity (Wildman–Crippen MR) is 277 cm³/mol. The Bertz CT molecular complexity index is 1440. The van der Waals surface area contributed by atoms with E-state index in [1.807, 2.05) is 21.1 Å². The molecular weight excluding hydrogens is 846 g/mol. The van der Waals surface area contributed by atoms with Gasteiger partial charge in [0.2, 0.25) is 0 Å². The van der Waals surface area contributed by atoms with Gasteiger partial charge in [0.1, 0.15) is 19.8 Å². The third-order valence-corrected chi connectivity index (χ3v) is 11.6. The molecule has 0 amide bonds. The van der Waals surface area contributed by atoms with Crippen molar-refractivity contribution in [2.75, 3.05) is 47.5 Å². The van der Waals surface area contributed by atoms with Gasteiger partial charge in [-0.25, -0.2) is 0 Å². The molecule has 0 aliphatic carbocycles. The van der Waals surface area contributed by atoms with E-state index in [0.717, 1.165) is 96.3 Å². The van der Waals surface area contributed by atoms with Gasteiger partial charge in [-0.15, -0.1) is 0 Å². The molecule has 0 saturated carbocycles. The number of phosphoric ester groups is 1. The summed E-state index contributed by atoms with van der Waals surface area (Å²) in [6, 6.07) is 0. The summed E-state index contributed by atoms with van der Waals surface area (Å²) in [6.07, 6.45) is 63.0. The molecule has 0 N–H and O–H groups in total. The molecule has 0 fully saturated rings. The highest BCUT2D eigenvalue weighted by molar-refractivity contribution is 7.45. The maximum absolute atomic E-state index is 12.8. The standard InChI is InChI=1S/C56H96NO8P/c1-6-8-10-12-14-16-18-20-22-24-25-26-27-28-29-30-31-33-35-37-39-41-43-45-47-49-56(59)65-54(53-64-66(60,61)63-51-50-57(3,4)5)52-62-55(58)48-46-44-42-40-38-36-34-32-23-21-19-17-15-13-11-9-7-2/h8-11,14-17,20-23,25-26,34,36,54H,6-7,12-13,18-19,24,27-33,35,37-53H2,1-5H3/b10-8-,11-9-,16-14-,17-15-,22-20-,23-21-,26-25-,36-34-. The van der Waals surface area contributed by atoms with Crippen molar-refractivity contribution in [2.24, 2.45) is 0 Å². The lowest BCUT2D eigenvalue weighted by Crippen LogP contribution is -2.37. The van der Waals surface area contributed by atoms with E-state index < -0.39 is 32.5 Å². The van der Waals surface area contributed by atoms with Crippen LogP contribution in [0.25, 0.3) is 0 Å². The van der Waals surface area contributed by atoms with Crippen LogP contribution >= 0.6 is 7.82 Å². The maximum Gasteiger partial charge on any atom is 0.306 e. The minimum atomic E-state index is -4.64. The number of esters is 2. The molecule has 0 saturated heterocycles. The number of hydrogen-bond donors (Lipinski definition) is 0. The number of nitrogens with zero attached hydrogens (tertiary/aromatic N) is 1. The van der Waals surface area contributed by atoms with Crippen LogP contribution in [-0.4, -0.2) is 70.0 Å². The second kappa shape index (κ2) is 47.0. The number of carbonyl (C=O) groups is 2. The molecule has 2 unspecified atom stereocenters. The summed E-state index contributed by atoms with van der Waals surface area (Å²) in [4.78, 5) is 37.7. The van der Waals surface area contributed by atoms with Crippen molar-refractivity contribution in [3.8, 4) is 0 Å². The highest BCUT2D eigenvalue weighted by atomic mass is 31.2. The highest BCUT2D eigenvalue weighted by Crippen LogP contribution is 2.38. The number of carbonyl (C=O) groups excluding carboxylic acids is 2. The molecule has 0 heterocycles. The van der Waals surface area contributed by atoms with Crippen LogP contribution in [0.2, 0.25) is 0 Å². The zero-order valence-electron chi connectivity index (χ0n) is 42.6. The fourth-order valence-corrected chi connectivity index (χ4v) is 7.37. The van der Waals surface area contributed by atoms with Gasteiger partial charge in [-0.1, -0.05) is 188 Å². The molecule has 9 nitrogen and oxygen atoms in total. The van der Waals surface area contributed by atoms with Crippen LogP contribution in [0.15, 0.2) is 97.2 Å². The third-order valence-electron chi connectivity index (χ3n) is 10.6. The van der Waals surface area contributed by atoms with Crippen molar-refractivity contribution >= 4 is 19.8 Å². The normalized spacial score (nSPS) is 14.2. The lowest BCUT2D eigenvalue weighted by Gasteiger charge is -2.28. The number of unbranched alkanes of at least 4 members (excludes halogenated alkanes) is 16. The van der Waals surface area contributed by atoms with Gasteiger partial charge in [-0.3, -0.25) is 14.2 Å². The Hall–Kier alpha value is -3.07. The predicted octanol–water partition coefficient (Wildman–Crippen LogP) is 15.1. The van der Waals surface area contributed by atoms with Gasteiger partial charge in [-0.2, -0.15) is 0 Å². The van der Waals surface area contributed by atoms with E-state index in [0.29, 0.717) is 23.9 Å². The van der Waals surface area contributed by atoms with Gasteiger partial charge in [0.25, 0.3) is 7.82 Å². The maximum atomic E-state index is 12.8. The largest absolute Gasteiger partial charge is 0.756 e. The van der Waals surface area contributed by atoms with Crippen LogP contribution in [0.3, 0.4) is 0 Å². The van der Waals surface area contributed by atoms with E-state index in [1.165, 1.54) is 57.8 Å². The van der Waals surface area contributed by atoms with Crippen molar-refractivity contribution in [2.45, 2.75) is 200 Å².